The van der Waals surface area contributed by atoms with Crippen molar-refractivity contribution in [2.45, 2.75) is 45.6 Å². The quantitative estimate of drug-likeness (QED) is 0.0940. The average Bonchev–Trinajstić information content (AvgIpc) is 3.71. The number of esters is 1. The molecule has 0 saturated carbocycles. The Morgan fingerprint density at radius 1 is 1.06 bits per heavy atom. The third-order valence-electron chi connectivity index (χ3n) is 7.65. The number of thiophene rings is 1. The average molecular weight is 716 g/mol. The van der Waals surface area contributed by atoms with E-state index in [9.17, 15) is 27.2 Å². The summed E-state index contributed by atoms with van der Waals surface area (Å²) in [4.78, 5) is 43.9. The first kappa shape index (κ1) is 35.6. The van der Waals surface area contributed by atoms with Crippen molar-refractivity contribution in [1.29, 1.82) is 0 Å². The first-order valence-electron chi connectivity index (χ1n) is 14.9. The normalized spacial score (nSPS) is 12.7. The Balaban J connectivity index is 1.68. The van der Waals surface area contributed by atoms with Crippen LogP contribution in [-0.4, -0.2) is 65.1 Å². The van der Waals surface area contributed by atoms with Crippen molar-refractivity contribution in [2.24, 2.45) is 0 Å². The third-order valence-corrected chi connectivity index (χ3v) is 9.52. The molecule has 3 aromatic heterocycles. The van der Waals surface area contributed by atoms with Crippen molar-refractivity contribution >= 4 is 37.6 Å². The first-order valence-corrected chi connectivity index (χ1v) is 17.5. The summed E-state index contributed by atoms with van der Waals surface area (Å²) in [5, 5.41) is 8.93. The van der Waals surface area contributed by atoms with Gasteiger partial charge in [0.2, 0.25) is 0 Å². The van der Waals surface area contributed by atoms with E-state index in [1.54, 1.807) is 31.2 Å². The minimum atomic E-state index is -3.80. The zero-order valence-electron chi connectivity index (χ0n) is 27.3. The van der Waals surface area contributed by atoms with Gasteiger partial charge in [-0.1, -0.05) is 41.7 Å². The summed E-state index contributed by atoms with van der Waals surface area (Å²) in [5.74, 6) is -1.23. The molecule has 0 aliphatic carbocycles. The topological polar surface area (TPSA) is 163 Å². The van der Waals surface area contributed by atoms with Crippen LogP contribution in [0.2, 0.25) is 0 Å². The lowest BCUT2D eigenvalue weighted by atomic mass is 10.0. The van der Waals surface area contributed by atoms with E-state index in [-0.39, 0.29) is 47.9 Å². The molecule has 0 bridgehead atoms. The lowest BCUT2D eigenvalue weighted by Gasteiger charge is -2.27. The molecule has 3 heterocycles. The van der Waals surface area contributed by atoms with E-state index in [0.29, 0.717) is 16.1 Å². The van der Waals surface area contributed by atoms with Gasteiger partial charge in [0, 0.05) is 11.1 Å². The summed E-state index contributed by atoms with van der Waals surface area (Å²) < 4.78 is 61.8. The van der Waals surface area contributed by atoms with Crippen LogP contribution in [0.25, 0.3) is 15.2 Å². The van der Waals surface area contributed by atoms with Gasteiger partial charge < -0.3 is 14.2 Å². The Labute approximate surface area is 284 Å². The molecule has 2 aromatic carbocycles. The van der Waals surface area contributed by atoms with E-state index in [2.05, 4.69) is 10.2 Å². The Morgan fingerprint density at radius 2 is 1.76 bits per heavy atom. The number of ether oxygens (including phenoxy) is 3. The number of benzene rings is 2. The van der Waals surface area contributed by atoms with Gasteiger partial charge in [-0.15, -0.1) is 4.80 Å². The van der Waals surface area contributed by atoms with E-state index >= 15 is 0 Å². The molecule has 17 heteroatoms. The number of hydrogen-bond acceptors (Lipinski definition) is 12. The van der Waals surface area contributed by atoms with Crippen LogP contribution in [0.4, 0.5) is 4.39 Å². The number of halogens is 1. The van der Waals surface area contributed by atoms with Gasteiger partial charge in [0.15, 0.2) is 0 Å². The van der Waals surface area contributed by atoms with E-state index in [0.717, 1.165) is 22.2 Å². The van der Waals surface area contributed by atoms with Crippen LogP contribution in [0, 0.1) is 12.7 Å². The van der Waals surface area contributed by atoms with Crippen molar-refractivity contribution < 1.29 is 36.0 Å². The number of carbonyl (C=O) groups excluding carboxylic acids is 1. The molecule has 14 nitrogen and oxygen atoms in total. The molecule has 260 valence electrons. The van der Waals surface area contributed by atoms with Crippen molar-refractivity contribution in [3.8, 4) is 10.8 Å². The fourth-order valence-electron chi connectivity index (χ4n) is 5.23. The molecule has 1 atom stereocenters. The minimum absolute atomic E-state index is 0.0916. The highest BCUT2D eigenvalue weighted by Gasteiger charge is 2.37. The van der Waals surface area contributed by atoms with Crippen LogP contribution in [0.1, 0.15) is 36.6 Å². The van der Waals surface area contributed by atoms with Crippen LogP contribution in [-0.2, 0) is 47.3 Å². The minimum Gasteiger partial charge on any atom is -0.496 e. The van der Waals surface area contributed by atoms with Crippen LogP contribution >= 0.6 is 11.3 Å². The first-order chi connectivity index (χ1) is 23.2. The fraction of sp³-hybridized carbons (Fsp3) is 0.344. The van der Waals surface area contributed by atoms with E-state index < -0.39 is 44.8 Å². The second kappa shape index (κ2) is 14.4. The predicted molar refractivity (Wildman–Crippen MR) is 178 cm³/mol. The highest BCUT2D eigenvalue weighted by atomic mass is 32.2. The Kier molecular flexibility index (Phi) is 10.5. The predicted octanol–water partition coefficient (Wildman–Crippen LogP) is 3.47. The summed E-state index contributed by atoms with van der Waals surface area (Å²) in [7, 11) is -2.42. The monoisotopic (exact) mass is 715 g/mol. The molecule has 0 spiro atoms. The van der Waals surface area contributed by atoms with Crippen LogP contribution in [0.15, 0.2) is 70.5 Å². The van der Waals surface area contributed by atoms with Crippen molar-refractivity contribution in [3.63, 3.8) is 0 Å². The molecule has 5 aromatic rings. The van der Waals surface area contributed by atoms with Gasteiger partial charge in [-0.25, -0.2) is 18.5 Å². The molecule has 0 N–H and O–H groups in total. The molecule has 0 aliphatic heterocycles. The second-order valence-corrected chi connectivity index (χ2v) is 14.1. The number of carbonyl (C=O) groups is 1. The van der Waals surface area contributed by atoms with Crippen molar-refractivity contribution in [1.82, 2.24) is 24.1 Å². The fourth-order valence-corrected chi connectivity index (χ4v) is 6.82. The van der Waals surface area contributed by atoms with Crippen molar-refractivity contribution in [2.75, 3.05) is 26.6 Å². The number of aryl methyl sites for hydroxylation is 1. The summed E-state index contributed by atoms with van der Waals surface area (Å²) in [6.07, 6.45) is 2.67. The number of rotatable bonds is 14. The van der Waals surface area contributed by atoms with Gasteiger partial charge in [0.1, 0.15) is 39.6 Å². The number of nitrogens with zero attached hydrogens (tertiary/aromatic N) is 5. The van der Waals surface area contributed by atoms with E-state index in [4.69, 9.17) is 18.4 Å². The summed E-state index contributed by atoms with van der Waals surface area (Å²) >= 11 is 1.06. The molecule has 0 aliphatic rings. The van der Waals surface area contributed by atoms with Gasteiger partial charge in [-0.2, -0.15) is 18.6 Å². The maximum Gasteiger partial charge on any atom is 0.333 e. The van der Waals surface area contributed by atoms with Gasteiger partial charge in [-0.05, 0) is 44.5 Å². The number of aromatic nitrogens is 5. The molecule has 0 saturated heterocycles. The molecule has 0 fully saturated rings. The largest absolute Gasteiger partial charge is 0.496 e. The van der Waals surface area contributed by atoms with Gasteiger partial charge in [0.05, 0.1) is 50.9 Å². The molecule has 0 amide bonds. The van der Waals surface area contributed by atoms with Crippen LogP contribution in [0.5, 0.6) is 5.75 Å². The summed E-state index contributed by atoms with van der Waals surface area (Å²) in [6, 6.07) is 12.7. The van der Waals surface area contributed by atoms with E-state index in [1.807, 2.05) is 6.07 Å². The van der Waals surface area contributed by atoms with Gasteiger partial charge in [-0.3, -0.25) is 13.5 Å². The standard InChI is InChI=1S/C32H34FN5O9S2/c1-20-26-27(39)37(32(2,3)30(40)46-19-21-9-7-6-8-10-21)31(41)36(29(26)48-28(20)38-34-13-14-35-38)18-25(45-15-16-47-49(5,42)43)23-17-22(33)11-12-24(23)44-4/h6-14,17,25H,15-16,18-19H2,1-5H3/t25-/m0/s1. The molecule has 5 rings (SSSR count). The molecule has 49 heavy (non-hydrogen) atoms. The summed E-state index contributed by atoms with van der Waals surface area (Å²) in [6.45, 7) is 3.42. The number of hydrogen-bond donors (Lipinski definition) is 0. The lowest BCUT2D eigenvalue weighted by molar-refractivity contribution is -0.154. The zero-order chi connectivity index (χ0) is 35.5. The van der Waals surface area contributed by atoms with Crippen molar-refractivity contribution in [3.05, 3.63) is 104 Å². The van der Waals surface area contributed by atoms with Crippen LogP contribution < -0.4 is 16.0 Å². The molecule has 0 radical (unpaired) electrons. The maximum absolute atomic E-state index is 14.6. The smallest absolute Gasteiger partial charge is 0.333 e. The number of fused-ring (bicyclic) bond motifs is 1. The third kappa shape index (κ3) is 7.64. The highest BCUT2D eigenvalue weighted by Crippen LogP contribution is 2.34. The number of methoxy groups -OCH3 is 1. The SMILES string of the molecule is COc1ccc(F)cc1[C@H](Cn1c(=O)n(C(C)(C)C(=O)OCc2ccccc2)c(=O)c2c(C)c(-n3nccn3)sc21)OCCOS(C)(=O)=O. The highest BCUT2D eigenvalue weighted by molar-refractivity contribution is 7.85. The van der Waals surface area contributed by atoms with Gasteiger partial charge in [0.25, 0.3) is 15.7 Å². The molecule has 0 unspecified atom stereocenters. The molecular weight excluding hydrogens is 682 g/mol. The Morgan fingerprint density at radius 3 is 2.41 bits per heavy atom. The van der Waals surface area contributed by atoms with Gasteiger partial charge >= 0.3 is 11.7 Å². The summed E-state index contributed by atoms with van der Waals surface area (Å²) in [5.41, 5.74) is -2.07. The lowest BCUT2D eigenvalue weighted by Crippen LogP contribution is -2.53. The van der Waals surface area contributed by atoms with Crippen LogP contribution in [0.3, 0.4) is 0 Å². The second-order valence-electron chi connectivity index (χ2n) is 11.5. The maximum atomic E-state index is 14.6. The zero-order valence-corrected chi connectivity index (χ0v) is 28.9. The van der Waals surface area contributed by atoms with E-state index in [1.165, 1.54) is 60.9 Å². The molecular formula is C32H34FN5O9S2. The Hall–Kier alpha value is -4.71. The Bertz CT molecular complexity index is 2200.